The Morgan fingerprint density at radius 1 is 0.964 bits per heavy atom. The maximum absolute atomic E-state index is 5.51. The van der Waals surface area contributed by atoms with Gasteiger partial charge in [-0.15, -0.1) is 0 Å². The Balaban J connectivity index is 1.39. The van der Waals surface area contributed by atoms with Crippen LogP contribution in [0.25, 0.3) is 10.9 Å². The highest BCUT2D eigenvalue weighted by molar-refractivity contribution is 7.80. The number of aromatic nitrogens is 1. The number of fused-ring (bicyclic) bond motifs is 1. The van der Waals surface area contributed by atoms with Crippen LogP contribution in [0.2, 0.25) is 0 Å². The van der Waals surface area contributed by atoms with Gasteiger partial charge in [0.1, 0.15) is 0 Å². The molecule has 0 amide bonds. The summed E-state index contributed by atoms with van der Waals surface area (Å²) >= 11 is 5.51. The first-order chi connectivity index (χ1) is 13.8. The minimum Gasteiger partial charge on any atom is -0.362 e. The molecule has 0 atom stereocenters. The summed E-state index contributed by atoms with van der Waals surface area (Å²) in [5.74, 6) is 0. The van der Waals surface area contributed by atoms with Crippen molar-refractivity contribution in [3.63, 3.8) is 0 Å². The summed E-state index contributed by atoms with van der Waals surface area (Å²) < 4.78 is 2.36. The number of hydrogen-bond acceptors (Lipinski definition) is 1. The van der Waals surface area contributed by atoms with Crippen molar-refractivity contribution in [2.45, 2.75) is 51.1 Å². The number of nitrogens with zero attached hydrogens (tertiary/aromatic N) is 1. The van der Waals surface area contributed by atoms with Crippen molar-refractivity contribution in [3.8, 4) is 0 Å². The van der Waals surface area contributed by atoms with Gasteiger partial charge >= 0.3 is 0 Å². The summed E-state index contributed by atoms with van der Waals surface area (Å²) in [5.41, 5.74) is 3.99. The molecule has 2 aromatic carbocycles. The molecular weight excluding hydrogens is 362 g/mol. The van der Waals surface area contributed by atoms with Crippen LogP contribution >= 0.6 is 12.2 Å². The second-order valence-corrected chi connectivity index (χ2v) is 8.18. The average molecular weight is 392 g/mol. The number of benzene rings is 2. The Bertz CT molecular complexity index is 910. The van der Waals surface area contributed by atoms with Crippen molar-refractivity contribution in [1.82, 2.24) is 15.2 Å². The maximum Gasteiger partial charge on any atom is 0.166 e. The fraction of sp³-hybridized carbons (Fsp3) is 0.375. The van der Waals surface area contributed by atoms with Crippen LogP contribution in [0.1, 0.15) is 43.2 Å². The van der Waals surface area contributed by atoms with Crippen LogP contribution in [0.3, 0.4) is 0 Å². The van der Waals surface area contributed by atoms with Crippen LogP contribution in [0.15, 0.2) is 60.8 Å². The van der Waals surface area contributed by atoms with Gasteiger partial charge in [0, 0.05) is 36.2 Å². The highest BCUT2D eigenvalue weighted by Crippen LogP contribution is 2.23. The molecule has 0 radical (unpaired) electrons. The molecule has 2 N–H and O–H groups in total. The van der Waals surface area contributed by atoms with Gasteiger partial charge in [0.25, 0.3) is 0 Å². The maximum atomic E-state index is 5.51. The summed E-state index contributed by atoms with van der Waals surface area (Å²) in [6.45, 7) is 1.76. The highest BCUT2D eigenvalue weighted by atomic mass is 32.1. The van der Waals surface area contributed by atoms with Crippen molar-refractivity contribution in [3.05, 3.63) is 71.9 Å². The molecule has 3 aromatic rings. The molecule has 1 aliphatic carbocycles. The SMILES string of the molecule is S=C(NCCc1cn(Cc2ccccc2)c2ccccc12)NC1CCCCC1. The van der Waals surface area contributed by atoms with Gasteiger partial charge < -0.3 is 15.2 Å². The standard InChI is InChI=1S/C24H29N3S/c28-24(26-21-11-5-2-6-12-21)25-16-15-20-18-27(17-19-9-3-1-4-10-19)23-14-8-7-13-22(20)23/h1,3-4,7-10,13-14,18,21H,2,5-6,11-12,15-17H2,(H2,25,26,28). The third-order valence-corrected chi connectivity index (χ3v) is 5.95. The first-order valence-electron chi connectivity index (χ1n) is 10.4. The minimum absolute atomic E-state index is 0.557. The van der Waals surface area contributed by atoms with Gasteiger partial charge in [-0.25, -0.2) is 0 Å². The van der Waals surface area contributed by atoms with Crippen LogP contribution < -0.4 is 10.6 Å². The molecule has 0 bridgehead atoms. The van der Waals surface area contributed by atoms with E-state index in [4.69, 9.17) is 12.2 Å². The topological polar surface area (TPSA) is 29.0 Å². The summed E-state index contributed by atoms with van der Waals surface area (Å²) in [7, 11) is 0. The van der Waals surface area contributed by atoms with Gasteiger partial charge in [0.05, 0.1) is 0 Å². The Morgan fingerprint density at radius 2 is 1.71 bits per heavy atom. The highest BCUT2D eigenvalue weighted by Gasteiger charge is 2.14. The van der Waals surface area contributed by atoms with E-state index in [0.717, 1.165) is 24.6 Å². The van der Waals surface area contributed by atoms with E-state index >= 15 is 0 Å². The lowest BCUT2D eigenvalue weighted by Gasteiger charge is -2.24. The lowest BCUT2D eigenvalue weighted by Crippen LogP contribution is -2.43. The van der Waals surface area contributed by atoms with Crippen molar-refractivity contribution in [1.29, 1.82) is 0 Å². The largest absolute Gasteiger partial charge is 0.362 e. The number of thiocarbonyl (C=S) groups is 1. The van der Waals surface area contributed by atoms with Crippen molar-refractivity contribution in [2.75, 3.05) is 6.54 Å². The fourth-order valence-corrected chi connectivity index (χ4v) is 4.50. The molecule has 146 valence electrons. The molecule has 1 heterocycles. The van der Waals surface area contributed by atoms with Gasteiger partial charge in [-0.05, 0) is 48.7 Å². The Morgan fingerprint density at radius 3 is 2.54 bits per heavy atom. The average Bonchev–Trinajstić information content (AvgIpc) is 3.07. The third-order valence-electron chi connectivity index (χ3n) is 5.69. The number of nitrogens with one attached hydrogen (secondary N) is 2. The van der Waals surface area contributed by atoms with E-state index in [9.17, 15) is 0 Å². The van der Waals surface area contributed by atoms with Crippen LogP contribution in [-0.2, 0) is 13.0 Å². The third kappa shape index (κ3) is 4.74. The van der Waals surface area contributed by atoms with E-state index in [1.807, 2.05) is 0 Å². The molecule has 1 aliphatic rings. The number of para-hydroxylation sites is 1. The molecule has 1 saturated carbocycles. The molecule has 3 nitrogen and oxygen atoms in total. The van der Waals surface area contributed by atoms with E-state index in [1.165, 1.54) is 54.1 Å². The first kappa shape index (κ1) is 19.0. The minimum atomic E-state index is 0.557. The Labute approximate surface area is 173 Å². The summed E-state index contributed by atoms with van der Waals surface area (Å²) in [6, 6.07) is 19.9. The number of hydrogen-bond donors (Lipinski definition) is 2. The molecule has 1 aromatic heterocycles. The van der Waals surface area contributed by atoms with Gasteiger partial charge in [0.15, 0.2) is 5.11 Å². The summed E-state index contributed by atoms with van der Waals surface area (Å²) in [4.78, 5) is 0. The van der Waals surface area contributed by atoms with E-state index in [-0.39, 0.29) is 0 Å². The molecular formula is C24H29N3S. The molecule has 0 spiro atoms. The Kier molecular flexibility index (Phi) is 6.27. The van der Waals surface area contributed by atoms with E-state index < -0.39 is 0 Å². The van der Waals surface area contributed by atoms with Gasteiger partial charge in [-0.1, -0.05) is 67.8 Å². The summed E-state index contributed by atoms with van der Waals surface area (Å²) in [5, 5.41) is 9.05. The lowest BCUT2D eigenvalue weighted by atomic mass is 9.96. The van der Waals surface area contributed by atoms with E-state index in [0.29, 0.717) is 6.04 Å². The van der Waals surface area contributed by atoms with E-state index in [1.54, 1.807) is 0 Å². The second-order valence-electron chi connectivity index (χ2n) is 7.77. The predicted octanol–water partition coefficient (Wildman–Crippen LogP) is 5.03. The molecule has 0 saturated heterocycles. The second kappa shape index (κ2) is 9.24. The normalized spacial score (nSPS) is 14.9. The fourth-order valence-electron chi connectivity index (χ4n) is 4.23. The molecule has 28 heavy (non-hydrogen) atoms. The lowest BCUT2D eigenvalue weighted by molar-refractivity contribution is 0.412. The Hall–Kier alpha value is -2.33. The molecule has 4 rings (SSSR count). The summed E-state index contributed by atoms with van der Waals surface area (Å²) in [6.07, 6.45) is 9.77. The zero-order valence-electron chi connectivity index (χ0n) is 16.4. The van der Waals surface area contributed by atoms with Crippen LogP contribution in [0.4, 0.5) is 0 Å². The van der Waals surface area contributed by atoms with Crippen LogP contribution in [-0.4, -0.2) is 22.3 Å². The molecule has 4 heteroatoms. The van der Waals surface area contributed by atoms with Gasteiger partial charge in [0.2, 0.25) is 0 Å². The van der Waals surface area contributed by atoms with Gasteiger partial charge in [-0.3, -0.25) is 0 Å². The van der Waals surface area contributed by atoms with Crippen molar-refractivity contribution >= 4 is 28.2 Å². The quantitative estimate of drug-likeness (QED) is 0.578. The zero-order chi connectivity index (χ0) is 19.2. The van der Waals surface area contributed by atoms with Crippen LogP contribution in [0.5, 0.6) is 0 Å². The molecule has 0 aliphatic heterocycles. The van der Waals surface area contributed by atoms with Crippen LogP contribution in [0, 0.1) is 0 Å². The van der Waals surface area contributed by atoms with Crippen molar-refractivity contribution in [2.24, 2.45) is 0 Å². The smallest absolute Gasteiger partial charge is 0.166 e. The zero-order valence-corrected chi connectivity index (χ0v) is 17.2. The number of rotatable bonds is 6. The molecule has 1 fully saturated rings. The van der Waals surface area contributed by atoms with Gasteiger partial charge in [-0.2, -0.15) is 0 Å². The monoisotopic (exact) mass is 391 g/mol. The first-order valence-corrected chi connectivity index (χ1v) is 10.9. The van der Waals surface area contributed by atoms with Crippen molar-refractivity contribution < 1.29 is 0 Å². The van der Waals surface area contributed by atoms with E-state index in [2.05, 4.69) is 76.0 Å². The predicted molar refractivity (Wildman–Crippen MR) is 122 cm³/mol. The molecule has 0 unspecified atom stereocenters.